The second-order valence-corrected chi connectivity index (χ2v) is 5.73. The Hall–Kier alpha value is -2.12. The molecule has 1 aliphatic rings. The van der Waals surface area contributed by atoms with Gasteiger partial charge in [-0.3, -0.25) is 9.69 Å². The molecule has 0 aromatic heterocycles. The summed E-state index contributed by atoms with van der Waals surface area (Å²) in [6, 6.07) is 7.71. The van der Waals surface area contributed by atoms with E-state index in [1.54, 1.807) is 0 Å². The molecular weight excluding hydrogens is 292 g/mol. The summed E-state index contributed by atoms with van der Waals surface area (Å²) in [5.41, 5.74) is 12.7. The van der Waals surface area contributed by atoms with Crippen molar-refractivity contribution in [1.82, 2.24) is 15.5 Å². The van der Waals surface area contributed by atoms with Crippen LogP contribution in [-0.4, -0.2) is 49.5 Å². The zero-order valence-corrected chi connectivity index (χ0v) is 13.6. The van der Waals surface area contributed by atoms with Gasteiger partial charge in [0.1, 0.15) is 0 Å². The zero-order valence-electron chi connectivity index (χ0n) is 13.6. The van der Waals surface area contributed by atoms with E-state index in [0.29, 0.717) is 6.54 Å². The van der Waals surface area contributed by atoms with Gasteiger partial charge in [-0.25, -0.2) is 4.99 Å². The standard InChI is InChI=1S/C16H26N6O/c1-19-7-8-20-15(23)14-6-3-9-22(14)11-12-4-2-5-13(10-12)21-16(17)18/h2,4-5,10,14,19H,3,6-9,11H2,1H3,(H,20,23)(H4,17,18,21)/t14-/m0/s1. The van der Waals surface area contributed by atoms with Crippen LogP contribution in [0.5, 0.6) is 0 Å². The first-order chi connectivity index (χ1) is 11.1. The first-order valence-electron chi connectivity index (χ1n) is 7.95. The molecule has 7 heteroatoms. The molecule has 1 heterocycles. The Morgan fingerprint density at radius 3 is 2.96 bits per heavy atom. The number of carbonyl (C=O) groups excluding carboxylic acids is 1. The Balaban J connectivity index is 1.98. The molecule has 126 valence electrons. The summed E-state index contributed by atoms with van der Waals surface area (Å²) < 4.78 is 0. The van der Waals surface area contributed by atoms with Crippen molar-refractivity contribution in [2.75, 3.05) is 26.7 Å². The van der Waals surface area contributed by atoms with E-state index in [4.69, 9.17) is 11.5 Å². The molecule has 2 rings (SSSR count). The van der Waals surface area contributed by atoms with E-state index in [9.17, 15) is 4.79 Å². The molecule has 1 atom stereocenters. The number of amides is 1. The Bertz CT molecular complexity index is 555. The quantitative estimate of drug-likeness (QED) is 0.319. The van der Waals surface area contributed by atoms with Crippen molar-refractivity contribution in [1.29, 1.82) is 0 Å². The van der Waals surface area contributed by atoms with E-state index in [1.165, 1.54) is 0 Å². The van der Waals surface area contributed by atoms with E-state index < -0.39 is 0 Å². The summed E-state index contributed by atoms with van der Waals surface area (Å²) in [6.45, 7) is 3.08. The molecule has 1 saturated heterocycles. The number of likely N-dealkylation sites (tertiary alicyclic amines) is 1. The first-order valence-corrected chi connectivity index (χ1v) is 7.95. The molecule has 7 nitrogen and oxygen atoms in total. The predicted octanol–water partition coefficient (Wildman–Crippen LogP) is -0.108. The molecule has 1 fully saturated rings. The lowest BCUT2D eigenvalue weighted by Crippen LogP contribution is -2.44. The minimum atomic E-state index is -0.0569. The molecule has 1 amide bonds. The van der Waals surface area contributed by atoms with Crippen LogP contribution in [0, 0.1) is 0 Å². The van der Waals surface area contributed by atoms with Crippen LogP contribution < -0.4 is 22.1 Å². The third kappa shape index (κ3) is 5.22. The number of aliphatic imine (C=N–C) groups is 1. The van der Waals surface area contributed by atoms with Gasteiger partial charge < -0.3 is 22.1 Å². The van der Waals surface area contributed by atoms with Crippen molar-refractivity contribution < 1.29 is 4.79 Å². The van der Waals surface area contributed by atoms with Crippen LogP contribution in [-0.2, 0) is 11.3 Å². The molecule has 1 aliphatic heterocycles. The van der Waals surface area contributed by atoms with E-state index >= 15 is 0 Å². The number of hydrogen-bond donors (Lipinski definition) is 4. The maximum Gasteiger partial charge on any atom is 0.237 e. The maximum absolute atomic E-state index is 12.3. The second kappa shape index (κ2) is 8.50. The van der Waals surface area contributed by atoms with Crippen LogP contribution in [0.2, 0.25) is 0 Å². The second-order valence-electron chi connectivity index (χ2n) is 5.73. The number of carbonyl (C=O) groups is 1. The normalized spacial score (nSPS) is 17.9. The minimum Gasteiger partial charge on any atom is -0.370 e. The summed E-state index contributed by atoms with van der Waals surface area (Å²) in [4.78, 5) is 18.6. The fourth-order valence-electron chi connectivity index (χ4n) is 2.85. The first kappa shape index (κ1) is 17.2. The zero-order chi connectivity index (χ0) is 16.7. The number of likely N-dealkylation sites (N-methyl/N-ethyl adjacent to an activating group) is 1. The smallest absolute Gasteiger partial charge is 0.237 e. The lowest BCUT2D eigenvalue weighted by molar-refractivity contribution is -0.125. The van der Waals surface area contributed by atoms with E-state index in [2.05, 4.69) is 20.5 Å². The van der Waals surface area contributed by atoms with Gasteiger partial charge in [-0.1, -0.05) is 12.1 Å². The SMILES string of the molecule is CNCCNC(=O)[C@@H]1CCCN1Cc1cccc(N=C(N)N)c1. The Labute approximate surface area is 137 Å². The van der Waals surface area contributed by atoms with Crippen molar-refractivity contribution in [2.24, 2.45) is 16.5 Å². The van der Waals surface area contributed by atoms with Crippen LogP contribution in [0.4, 0.5) is 5.69 Å². The number of nitrogens with two attached hydrogens (primary N) is 2. The number of nitrogens with one attached hydrogen (secondary N) is 2. The van der Waals surface area contributed by atoms with Crippen LogP contribution in [0.25, 0.3) is 0 Å². The summed E-state index contributed by atoms with van der Waals surface area (Å²) >= 11 is 0. The number of guanidine groups is 1. The fraction of sp³-hybridized carbons (Fsp3) is 0.500. The number of rotatable bonds is 7. The highest BCUT2D eigenvalue weighted by Gasteiger charge is 2.30. The monoisotopic (exact) mass is 318 g/mol. The average Bonchev–Trinajstić information content (AvgIpc) is 2.95. The molecule has 0 spiro atoms. The van der Waals surface area contributed by atoms with Crippen LogP contribution in [0.1, 0.15) is 18.4 Å². The average molecular weight is 318 g/mol. The lowest BCUT2D eigenvalue weighted by Gasteiger charge is -2.23. The van der Waals surface area contributed by atoms with Gasteiger partial charge in [-0.15, -0.1) is 0 Å². The van der Waals surface area contributed by atoms with Crippen molar-refractivity contribution in [3.05, 3.63) is 29.8 Å². The summed E-state index contributed by atoms with van der Waals surface area (Å²) in [5, 5.41) is 6.01. The Morgan fingerprint density at radius 1 is 1.39 bits per heavy atom. The van der Waals surface area contributed by atoms with Gasteiger partial charge >= 0.3 is 0 Å². The molecule has 6 N–H and O–H groups in total. The summed E-state index contributed by atoms with van der Waals surface area (Å²) in [7, 11) is 1.87. The lowest BCUT2D eigenvalue weighted by atomic mass is 10.1. The van der Waals surface area contributed by atoms with E-state index in [0.717, 1.165) is 43.7 Å². The van der Waals surface area contributed by atoms with Crippen molar-refractivity contribution in [3.63, 3.8) is 0 Å². The van der Waals surface area contributed by atoms with Gasteiger partial charge in [0.05, 0.1) is 11.7 Å². The molecule has 0 bridgehead atoms. The summed E-state index contributed by atoms with van der Waals surface area (Å²) in [6.07, 6.45) is 1.94. The third-order valence-electron chi connectivity index (χ3n) is 3.89. The van der Waals surface area contributed by atoms with Gasteiger partial charge in [0, 0.05) is 19.6 Å². The number of hydrogen-bond acceptors (Lipinski definition) is 4. The molecule has 0 radical (unpaired) electrons. The van der Waals surface area contributed by atoms with Crippen LogP contribution >= 0.6 is 0 Å². The molecule has 0 unspecified atom stereocenters. The minimum absolute atomic E-state index is 0.0464. The number of benzene rings is 1. The molecule has 0 saturated carbocycles. The van der Waals surface area contributed by atoms with E-state index in [1.807, 2.05) is 31.3 Å². The third-order valence-corrected chi connectivity index (χ3v) is 3.89. The van der Waals surface area contributed by atoms with Gasteiger partial charge in [0.15, 0.2) is 5.96 Å². The highest BCUT2D eigenvalue weighted by Crippen LogP contribution is 2.22. The van der Waals surface area contributed by atoms with E-state index in [-0.39, 0.29) is 17.9 Å². The molecule has 0 aliphatic carbocycles. The van der Waals surface area contributed by atoms with Crippen LogP contribution in [0.3, 0.4) is 0 Å². The maximum atomic E-state index is 12.3. The topological polar surface area (TPSA) is 109 Å². The molecule has 23 heavy (non-hydrogen) atoms. The Morgan fingerprint density at radius 2 is 2.22 bits per heavy atom. The molecule has 1 aromatic rings. The van der Waals surface area contributed by atoms with Crippen molar-refractivity contribution in [2.45, 2.75) is 25.4 Å². The molecule has 1 aromatic carbocycles. The number of nitrogens with zero attached hydrogens (tertiary/aromatic N) is 2. The van der Waals surface area contributed by atoms with Gasteiger partial charge in [-0.05, 0) is 44.1 Å². The summed E-state index contributed by atoms with van der Waals surface area (Å²) in [5.74, 6) is 0.156. The fourth-order valence-corrected chi connectivity index (χ4v) is 2.85. The van der Waals surface area contributed by atoms with Crippen molar-refractivity contribution in [3.8, 4) is 0 Å². The highest BCUT2D eigenvalue weighted by atomic mass is 16.2. The largest absolute Gasteiger partial charge is 0.370 e. The van der Waals surface area contributed by atoms with Crippen LogP contribution in [0.15, 0.2) is 29.3 Å². The van der Waals surface area contributed by atoms with Crippen molar-refractivity contribution >= 4 is 17.6 Å². The predicted molar refractivity (Wildman–Crippen MR) is 92.3 cm³/mol. The highest BCUT2D eigenvalue weighted by molar-refractivity contribution is 5.82. The van der Waals surface area contributed by atoms with Gasteiger partial charge in [0.25, 0.3) is 0 Å². The van der Waals surface area contributed by atoms with Gasteiger partial charge in [0.2, 0.25) is 5.91 Å². The Kier molecular flexibility index (Phi) is 6.37. The molecular formula is C16H26N6O. The van der Waals surface area contributed by atoms with Gasteiger partial charge in [-0.2, -0.15) is 0 Å².